The molecule has 0 atom stereocenters. The van der Waals surface area contributed by atoms with Crippen molar-refractivity contribution in [2.75, 3.05) is 0 Å². The number of aromatic nitrogens is 2. The van der Waals surface area contributed by atoms with Crippen LogP contribution in [0.5, 0.6) is 0 Å². The summed E-state index contributed by atoms with van der Waals surface area (Å²) in [4.78, 5) is 20.4. The average Bonchev–Trinajstić information content (AvgIpc) is 2.71. The van der Waals surface area contributed by atoms with Crippen molar-refractivity contribution in [3.63, 3.8) is 0 Å². The van der Waals surface area contributed by atoms with Gasteiger partial charge in [0.2, 0.25) is 0 Å². The van der Waals surface area contributed by atoms with E-state index in [0.29, 0.717) is 16.8 Å². The third-order valence-corrected chi connectivity index (χ3v) is 5.74. The van der Waals surface area contributed by atoms with Crippen molar-refractivity contribution in [1.29, 1.82) is 5.26 Å². The van der Waals surface area contributed by atoms with Gasteiger partial charge in [-0.25, -0.2) is 9.52 Å². The Morgan fingerprint density at radius 2 is 1.82 bits per heavy atom. The van der Waals surface area contributed by atoms with E-state index in [-0.39, 0.29) is 6.54 Å². The highest BCUT2D eigenvalue weighted by Gasteiger charge is 2.21. The third kappa shape index (κ3) is 6.03. The van der Waals surface area contributed by atoms with E-state index in [0.717, 1.165) is 27.6 Å². The molecular formula is C23H25N5O4S. The van der Waals surface area contributed by atoms with Crippen LogP contribution in [0.2, 0.25) is 0 Å². The fourth-order valence-electron chi connectivity index (χ4n) is 3.14. The second-order valence-corrected chi connectivity index (χ2v) is 10.1. The predicted molar refractivity (Wildman–Crippen MR) is 124 cm³/mol. The molecule has 3 rings (SSSR count). The van der Waals surface area contributed by atoms with Crippen LogP contribution in [0.3, 0.4) is 0 Å². The van der Waals surface area contributed by atoms with Gasteiger partial charge in [-0.3, -0.25) is 9.97 Å². The fourth-order valence-corrected chi connectivity index (χ4v) is 3.81. The van der Waals surface area contributed by atoms with Gasteiger partial charge < -0.3 is 4.74 Å². The molecule has 0 fully saturated rings. The number of rotatable bonds is 5. The molecule has 1 aromatic carbocycles. The van der Waals surface area contributed by atoms with Crippen LogP contribution >= 0.6 is 0 Å². The van der Waals surface area contributed by atoms with Gasteiger partial charge in [0.15, 0.2) is 0 Å². The summed E-state index contributed by atoms with van der Waals surface area (Å²) >= 11 is 0. The Morgan fingerprint density at radius 1 is 1.12 bits per heavy atom. The molecule has 1 amide bonds. The number of carbonyl (C=O) groups excluding carboxylic acids is 1. The van der Waals surface area contributed by atoms with Crippen LogP contribution in [-0.4, -0.2) is 30.1 Å². The molecule has 2 N–H and O–H groups in total. The predicted octanol–water partition coefficient (Wildman–Crippen LogP) is 3.64. The average molecular weight is 468 g/mol. The van der Waals surface area contributed by atoms with E-state index in [9.17, 15) is 18.5 Å². The number of amides is 1. The number of benzene rings is 1. The topological polar surface area (TPSA) is 134 Å². The van der Waals surface area contributed by atoms with E-state index in [1.807, 2.05) is 26.0 Å². The van der Waals surface area contributed by atoms with Crippen LogP contribution in [0.25, 0.3) is 22.0 Å². The van der Waals surface area contributed by atoms with Crippen molar-refractivity contribution in [3.8, 4) is 17.2 Å². The van der Waals surface area contributed by atoms with Crippen molar-refractivity contribution in [2.45, 2.75) is 46.8 Å². The van der Waals surface area contributed by atoms with E-state index in [1.54, 1.807) is 43.8 Å². The molecule has 0 spiro atoms. The Labute approximate surface area is 193 Å². The minimum Gasteiger partial charge on any atom is -0.443 e. The summed E-state index contributed by atoms with van der Waals surface area (Å²) < 4.78 is 33.2. The zero-order valence-electron chi connectivity index (χ0n) is 19.1. The van der Waals surface area contributed by atoms with Gasteiger partial charge in [0, 0.05) is 28.9 Å². The van der Waals surface area contributed by atoms with Crippen molar-refractivity contribution in [2.24, 2.45) is 0 Å². The molecule has 172 valence electrons. The standard InChI is InChI=1S/C23H25N5O4S/c1-14-8-19-20(9-15(14)2)26-12-17(10-24)21(19)16-6-7-18(25-11-16)13-27-33(30,31)28-22(29)32-23(3,4)5/h6-9,11-12,27H,13H2,1-5H3,(H,28,29). The number of pyridine rings is 2. The second-order valence-electron chi connectivity index (χ2n) is 8.58. The normalized spacial score (nSPS) is 11.8. The van der Waals surface area contributed by atoms with Crippen LogP contribution in [0.1, 0.15) is 43.2 Å². The minimum absolute atomic E-state index is 0.140. The Bertz CT molecular complexity index is 1350. The lowest BCUT2D eigenvalue weighted by atomic mass is 9.95. The maximum absolute atomic E-state index is 12.1. The number of aryl methyl sites for hydroxylation is 2. The molecule has 0 unspecified atom stereocenters. The summed E-state index contributed by atoms with van der Waals surface area (Å²) in [6, 6.07) is 9.57. The number of ether oxygens (including phenoxy) is 1. The first-order valence-electron chi connectivity index (χ1n) is 10.1. The monoisotopic (exact) mass is 467 g/mol. The zero-order chi connectivity index (χ0) is 24.4. The van der Waals surface area contributed by atoms with Gasteiger partial charge >= 0.3 is 16.3 Å². The smallest absolute Gasteiger partial charge is 0.422 e. The van der Waals surface area contributed by atoms with Gasteiger partial charge in [-0.1, -0.05) is 6.07 Å². The molecule has 9 nitrogen and oxygen atoms in total. The molecule has 0 aliphatic rings. The lowest BCUT2D eigenvalue weighted by Crippen LogP contribution is -2.42. The zero-order valence-corrected chi connectivity index (χ0v) is 19.9. The number of nitrogens with one attached hydrogen (secondary N) is 2. The second kappa shape index (κ2) is 9.13. The summed E-state index contributed by atoms with van der Waals surface area (Å²) in [5.74, 6) is 0. The molecule has 2 heterocycles. The summed E-state index contributed by atoms with van der Waals surface area (Å²) in [5, 5.41) is 10.4. The van der Waals surface area contributed by atoms with Gasteiger partial charge in [0.1, 0.15) is 11.7 Å². The van der Waals surface area contributed by atoms with Crippen LogP contribution in [0.4, 0.5) is 4.79 Å². The Morgan fingerprint density at radius 3 is 2.42 bits per heavy atom. The summed E-state index contributed by atoms with van der Waals surface area (Å²) in [5.41, 5.74) is 4.41. The van der Waals surface area contributed by atoms with E-state index in [2.05, 4.69) is 20.8 Å². The van der Waals surface area contributed by atoms with Gasteiger partial charge in [-0.05, 0) is 63.9 Å². The highest BCUT2D eigenvalue weighted by atomic mass is 32.2. The maximum atomic E-state index is 12.1. The minimum atomic E-state index is -4.13. The molecule has 0 aliphatic carbocycles. The summed E-state index contributed by atoms with van der Waals surface area (Å²) in [6.45, 7) is 8.75. The number of hydrogen-bond acceptors (Lipinski definition) is 7. The van der Waals surface area contributed by atoms with E-state index >= 15 is 0 Å². The third-order valence-electron chi connectivity index (χ3n) is 4.78. The number of fused-ring (bicyclic) bond motifs is 1. The Kier molecular flexibility index (Phi) is 6.67. The van der Waals surface area contributed by atoms with Crippen molar-refractivity contribution in [1.82, 2.24) is 19.4 Å². The number of nitrogens with zero attached hydrogens (tertiary/aromatic N) is 3. The quantitative estimate of drug-likeness (QED) is 0.585. The molecular weight excluding hydrogens is 442 g/mol. The summed E-state index contributed by atoms with van der Waals surface area (Å²) in [6.07, 6.45) is 2.05. The van der Waals surface area contributed by atoms with Crippen molar-refractivity contribution < 1.29 is 17.9 Å². The van der Waals surface area contributed by atoms with Gasteiger partial charge in [-0.2, -0.15) is 18.4 Å². The van der Waals surface area contributed by atoms with E-state index in [1.165, 1.54) is 6.20 Å². The molecule has 0 radical (unpaired) electrons. The Balaban J connectivity index is 1.81. The Hall–Kier alpha value is -3.55. The molecule has 33 heavy (non-hydrogen) atoms. The van der Waals surface area contributed by atoms with Crippen LogP contribution < -0.4 is 9.44 Å². The lowest BCUT2D eigenvalue weighted by Gasteiger charge is -2.19. The first-order valence-corrected chi connectivity index (χ1v) is 11.6. The van der Waals surface area contributed by atoms with Crippen LogP contribution in [0, 0.1) is 25.2 Å². The number of hydrogen-bond donors (Lipinski definition) is 2. The summed E-state index contributed by atoms with van der Waals surface area (Å²) in [7, 11) is -4.13. The number of carbonyl (C=O) groups is 1. The van der Waals surface area contributed by atoms with Gasteiger partial charge in [0.05, 0.1) is 23.3 Å². The largest absolute Gasteiger partial charge is 0.443 e. The first-order chi connectivity index (χ1) is 15.4. The van der Waals surface area contributed by atoms with Crippen LogP contribution in [-0.2, 0) is 21.5 Å². The fraction of sp³-hybridized carbons (Fsp3) is 0.304. The van der Waals surface area contributed by atoms with Gasteiger partial charge in [0.25, 0.3) is 0 Å². The highest BCUT2D eigenvalue weighted by molar-refractivity contribution is 7.88. The van der Waals surface area contributed by atoms with E-state index < -0.39 is 21.9 Å². The van der Waals surface area contributed by atoms with Crippen LogP contribution in [0.15, 0.2) is 36.7 Å². The van der Waals surface area contributed by atoms with Crippen molar-refractivity contribution >= 4 is 27.2 Å². The van der Waals surface area contributed by atoms with Crippen molar-refractivity contribution in [3.05, 3.63) is 59.0 Å². The SMILES string of the molecule is Cc1cc2ncc(C#N)c(-c3ccc(CNS(=O)(=O)NC(=O)OC(C)(C)C)nc3)c2cc1C. The lowest BCUT2D eigenvalue weighted by molar-refractivity contribution is 0.0569. The van der Waals surface area contributed by atoms with Gasteiger partial charge in [-0.15, -0.1) is 0 Å². The molecule has 2 aromatic heterocycles. The number of nitriles is 1. The molecule has 0 saturated carbocycles. The first kappa shape index (κ1) is 24.1. The molecule has 0 bridgehead atoms. The maximum Gasteiger partial charge on any atom is 0.422 e. The molecule has 10 heteroatoms. The molecule has 0 saturated heterocycles. The highest BCUT2D eigenvalue weighted by Crippen LogP contribution is 2.32. The van der Waals surface area contributed by atoms with E-state index in [4.69, 9.17) is 4.74 Å². The molecule has 0 aliphatic heterocycles. The molecule has 3 aromatic rings.